The molecule has 6 heteroatoms. The van der Waals surface area contributed by atoms with Gasteiger partial charge in [-0.3, -0.25) is 0 Å². The molecule has 1 aliphatic heterocycles. The van der Waals surface area contributed by atoms with Gasteiger partial charge >= 0.3 is 0 Å². The fraction of sp³-hybridized carbons (Fsp3) is 0.500. The van der Waals surface area contributed by atoms with Gasteiger partial charge in [0, 0.05) is 25.6 Å². The van der Waals surface area contributed by atoms with Crippen molar-refractivity contribution in [2.24, 2.45) is 5.92 Å². The van der Waals surface area contributed by atoms with E-state index in [0.29, 0.717) is 5.92 Å². The number of fused-ring (bicyclic) bond motifs is 1. The largest absolute Gasteiger partial charge is 0.495 e. The maximum atomic E-state index is 9.25. The van der Waals surface area contributed by atoms with Gasteiger partial charge in [-0.1, -0.05) is 11.3 Å². The third-order valence-corrected chi connectivity index (χ3v) is 4.84. The van der Waals surface area contributed by atoms with Gasteiger partial charge in [-0.2, -0.15) is 0 Å². The maximum absolute atomic E-state index is 9.25. The lowest BCUT2D eigenvalue weighted by molar-refractivity contribution is 0.238. The third kappa shape index (κ3) is 2.19. The maximum Gasteiger partial charge on any atom is 0.186 e. The molecule has 1 aromatic heterocycles. The van der Waals surface area contributed by atoms with Crippen LogP contribution in [0.2, 0.25) is 0 Å². The van der Waals surface area contributed by atoms with Gasteiger partial charge in [0.25, 0.3) is 0 Å². The van der Waals surface area contributed by atoms with Crippen molar-refractivity contribution in [3.8, 4) is 11.5 Å². The summed E-state index contributed by atoms with van der Waals surface area (Å²) in [4.78, 5) is 6.93. The molecular weight excluding hydrogens is 276 g/mol. The molecule has 1 N–H and O–H groups in total. The van der Waals surface area contributed by atoms with E-state index in [4.69, 9.17) is 14.5 Å². The monoisotopic (exact) mass is 294 g/mol. The highest BCUT2D eigenvalue weighted by Crippen LogP contribution is 2.40. The van der Waals surface area contributed by atoms with Crippen LogP contribution in [0.25, 0.3) is 10.2 Å². The molecule has 0 saturated carbocycles. The number of hydrogen-bond donors (Lipinski definition) is 1. The average Bonchev–Trinajstić information content (AvgIpc) is 3.12. The molecule has 2 aromatic rings. The first-order chi connectivity index (χ1) is 9.76. The summed E-state index contributed by atoms with van der Waals surface area (Å²) in [6.45, 7) is 2.05. The van der Waals surface area contributed by atoms with Crippen LogP contribution in [-0.4, -0.2) is 44.0 Å². The van der Waals surface area contributed by atoms with Gasteiger partial charge in [-0.15, -0.1) is 0 Å². The molecule has 1 saturated heterocycles. The molecule has 1 unspecified atom stereocenters. The van der Waals surface area contributed by atoms with E-state index in [2.05, 4.69) is 4.90 Å². The Balaban J connectivity index is 2.01. The second kappa shape index (κ2) is 5.46. The van der Waals surface area contributed by atoms with Gasteiger partial charge < -0.3 is 19.5 Å². The van der Waals surface area contributed by atoms with E-state index in [1.165, 1.54) is 0 Å². The minimum absolute atomic E-state index is 0.244. The number of anilines is 1. The van der Waals surface area contributed by atoms with Crippen LogP contribution in [-0.2, 0) is 0 Å². The van der Waals surface area contributed by atoms with Crippen LogP contribution < -0.4 is 14.4 Å². The van der Waals surface area contributed by atoms with Crippen LogP contribution in [0.4, 0.5) is 5.13 Å². The van der Waals surface area contributed by atoms with Gasteiger partial charge in [-0.05, 0) is 18.6 Å². The van der Waals surface area contributed by atoms with Crippen molar-refractivity contribution in [3.63, 3.8) is 0 Å². The van der Waals surface area contributed by atoms with Crippen molar-refractivity contribution >= 4 is 26.7 Å². The van der Waals surface area contributed by atoms with Crippen molar-refractivity contribution < 1.29 is 14.6 Å². The fourth-order valence-electron chi connectivity index (χ4n) is 2.56. The molecule has 0 spiro atoms. The number of aliphatic hydroxyl groups is 1. The Morgan fingerprint density at radius 3 is 2.75 bits per heavy atom. The Kier molecular flexibility index (Phi) is 3.67. The molecule has 1 fully saturated rings. The Bertz CT molecular complexity index is 573. The van der Waals surface area contributed by atoms with Crippen LogP contribution in [0.5, 0.6) is 11.5 Å². The molecule has 3 rings (SSSR count). The molecule has 108 valence electrons. The van der Waals surface area contributed by atoms with Gasteiger partial charge in [0.1, 0.15) is 21.7 Å². The summed E-state index contributed by atoms with van der Waals surface area (Å²) in [6, 6.07) is 3.79. The third-order valence-electron chi connectivity index (χ3n) is 3.71. The number of benzene rings is 1. The lowest BCUT2D eigenvalue weighted by atomic mass is 10.1. The smallest absolute Gasteiger partial charge is 0.186 e. The first kappa shape index (κ1) is 13.5. The standard InChI is InChI=1S/C14H18N2O3S/c1-18-10-3-4-11(19-2)13-12(10)15-14(20-13)16-6-5-9(7-16)8-17/h3-4,9,17H,5-8H2,1-2H3. The van der Waals surface area contributed by atoms with Crippen molar-refractivity contribution in [3.05, 3.63) is 12.1 Å². The van der Waals surface area contributed by atoms with E-state index in [1.807, 2.05) is 12.1 Å². The number of hydrogen-bond acceptors (Lipinski definition) is 6. The molecule has 1 aromatic carbocycles. The summed E-state index contributed by atoms with van der Waals surface area (Å²) >= 11 is 1.62. The van der Waals surface area contributed by atoms with E-state index in [9.17, 15) is 5.11 Å². The molecule has 1 atom stereocenters. The Labute approximate surface area is 121 Å². The molecule has 0 bridgehead atoms. The van der Waals surface area contributed by atoms with Crippen LogP contribution in [0.15, 0.2) is 12.1 Å². The highest BCUT2D eigenvalue weighted by Gasteiger charge is 2.25. The van der Waals surface area contributed by atoms with Gasteiger partial charge in [0.2, 0.25) is 0 Å². The van der Waals surface area contributed by atoms with E-state index in [-0.39, 0.29) is 6.61 Å². The number of methoxy groups -OCH3 is 2. The Morgan fingerprint density at radius 2 is 2.10 bits per heavy atom. The van der Waals surface area contributed by atoms with Crippen LogP contribution in [0.3, 0.4) is 0 Å². The number of nitrogens with zero attached hydrogens (tertiary/aromatic N) is 2. The number of thiazole rings is 1. The average molecular weight is 294 g/mol. The fourth-order valence-corrected chi connectivity index (χ4v) is 3.67. The second-order valence-electron chi connectivity index (χ2n) is 4.93. The lowest BCUT2D eigenvalue weighted by Gasteiger charge is -2.13. The van der Waals surface area contributed by atoms with Crippen molar-refractivity contribution in [2.75, 3.05) is 38.8 Å². The van der Waals surface area contributed by atoms with Crippen molar-refractivity contribution in [1.82, 2.24) is 4.98 Å². The van der Waals surface area contributed by atoms with E-state index >= 15 is 0 Å². The Hall–Kier alpha value is -1.53. The quantitative estimate of drug-likeness (QED) is 0.936. The minimum atomic E-state index is 0.244. The summed E-state index contributed by atoms with van der Waals surface area (Å²) in [5, 5.41) is 10.2. The molecule has 5 nitrogen and oxygen atoms in total. The highest BCUT2D eigenvalue weighted by atomic mass is 32.1. The summed E-state index contributed by atoms with van der Waals surface area (Å²) < 4.78 is 11.8. The zero-order chi connectivity index (χ0) is 14.1. The van der Waals surface area contributed by atoms with E-state index in [1.54, 1.807) is 25.6 Å². The predicted octanol–water partition coefficient (Wildman–Crippen LogP) is 2.13. The van der Waals surface area contributed by atoms with E-state index < -0.39 is 0 Å². The normalized spacial score (nSPS) is 18.8. The first-order valence-corrected chi connectivity index (χ1v) is 7.45. The molecule has 0 amide bonds. The minimum Gasteiger partial charge on any atom is -0.495 e. The predicted molar refractivity (Wildman–Crippen MR) is 80.1 cm³/mol. The van der Waals surface area contributed by atoms with Crippen LogP contribution in [0, 0.1) is 5.92 Å². The summed E-state index contributed by atoms with van der Waals surface area (Å²) in [5.41, 5.74) is 0.847. The lowest BCUT2D eigenvalue weighted by Crippen LogP contribution is -2.20. The van der Waals surface area contributed by atoms with Crippen molar-refractivity contribution in [1.29, 1.82) is 0 Å². The first-order valence-electron chi connectivity index (χ1n) is 6.64. The number of ether oxygens (including phenoxy) is 2. The second-order valence-corrected chi connectivity index (χ2v) is 5.91. The summed E-state index contributed by atoms with van der Waals surface area (Å²) in [5.74, 6) is 1.94. The molecule has 1 aliphatic rings. The van der Waals surface area contributed by atoms with Crippen LogP contribution in [0.1, 0.15) is 6.42 Å². The highest BCUT2D eigenvalue weighted by molar-refractivity contribution is 7.22. The van der Waals surface area contributed by atoms with Gasteiger partial charge in [0.15, 0.2) is 5.13 Å². The van der Waals surface area contributed by atoms with Gasteiger partial charge in [-0.25, -0.2) is 4.98 Å². The van der Waals surface area contributed by atoms with E-state index in [0.717, 1.165) is 46.4 Å². The zero-order valence-corrected chi connectivity index (χ0v) is 12.4. The molecule has 20 heavy (non-hydrogen) atoms. The number of aliphatic hydroxyl groups excluding tert-OH is 1. The topological polar surface area (TPSA) is 54.8 Å². The number of rotatable bonds is 4. The molecule has 2 heterocycles. The van der Waals surface area contributed by atoms with Gasteiger partial charge in [0.05, 0.1) is 14.2 Å². The summed E-state index contributed by atoms with van der Waals surface area (Å²) in [6.07, 6.45) is 1.01. The molecule has 0 aliphatic carbocycles. The SMILES string of the molecule is COc1ccc(OC)c2sc(N3CCC(CO)C3)nc12. The molecule has 0 radical (unpaired) electrons. The van der Waals surface area contributed by atoms with Crippen molar-refractivity contribution in [2.45, 2.75) is 6.42 Å². The summed E-state index contributed by atoms with van der Waals surface area (Å²) in [7, 11) is 3.32. The Morgan fingerprint density at radius 1 is 1.35 bits per heavy atom. The zero-order valence-electron chi connectivity index (χ0n) is 11.6. The van der Waals surface area contributed by atoms with Crippen LogP contribution >= 0.6 is 11.3 Å². The molecular formula is C14H18N2O3S. The number of aromatic nitrogens is 1.